The molecule has 0 aliphatic heterocycles. The van der Waals surface area contributed by atoms with Crippen molar-refractivity contribution in [2.24, 2.45) is 5.92 Å². The van der Waals surface area contributed by atoms with Crippen LogP contribution < -0.4 is 5.32 Å². The topological polar surface area (TPSA) is 24.9 Å². The summed E-state index contributed by atoms with van der Waals surface area (Å²) >= 11 is 0. The quantitative estimate of drug-likeness (QED) is 0.784. The number of hydrogen-bond donors (Lipinski definition) is 1. The van der Waals surface area contributed by atoms with Crippen LogP contribution in [-0.4, -0.2) is 18.1 Å². The highest BCUT2D eigenvalue weighted by atomic mass is 14.8. The Hall–Kier alpha value is -1.67. The van der Waals surface area contributed by atoms with Gasteiger partial charge in [-0.3, -0.25) is 4.98 Å². The molecule has 0 unspecified atom stereocenters. The van der Waals surface area contributed by atoms with Crippen LogP contribution in [-0.2, 0) is 0 Å². The largest absolute Gasteiger partial charge is 0.313 e. The fourth-order valence-electron chi connectivity index (χ4n) is 2.49. The summed E-state index contributed by atoms with van der Waals surface area (Å²) in [4.78, 5) is 4.62. The highest BCUT2D eigenvalue weighted by Crippen LogP contribution is 2.22. The van der Waals surface area contributed by atoms with E-state index in [1.54, 1.807) is 0 Å². The second-order valence-corrected chi connectivity index (χ2v) is 5.92. The molecular weight excluding hydrogens is 256 g/mol. The molecular formula is C19H26N2. The molecule has 1 N–H and O–H groups in total. The predicted octanol–water partition coefficient (Wildman–Crippen LogP) is 4.58. The number of aromatic nitrogens is 1. The Kier molecular flexibility index (Phi) is 5.51. The van der Waals surface area contributed by atoms with Gasteiger partial charge >= 0.3 is 0 Å². The van der Waals surface area contributed by atoms with E-state index in [-0.39, 0.29) is 0 Å². The van der Waals surface area contributed by atoms with Crippen LogP contribution in [0.3, 0.4) is 0 Å². The summed E-state index contributed by atoms with van der Waals surface area (Å²) in [5.41, 5.74) is 4.87. The number of rotatable bonds is 6. The van der Waals surface area contributed by atoms with Gasteiger partial charge in [-0.15, -0.1) is 0 Å². The fourth-order valence-corrected chi connectivity index (χ4v) is 2.49. The van der Waals surface area contributed by atoms with Crippen molar-refractivity contribution in [3.63, 3.8) is 0 Å². The summed E-state index contributed by atoms with van der Waals surface area (Å²) in [6, 6.07) is 10.6. The highest BCUT2D eigenvalue weighted by Gasteiger charge is 2.06. The van der Waals surface area contributed by atoms with Crippen molar-refractivity contribution in [3.8, 4) is 0 Å². The van der Waals surface area contributed by atoms with Gasteiger partial charge in [0.25, 0.3) is 0 Å². The zero-order valence-corrected chi connectivity index (χ0v) is 13.6. The summed E-state index contributed by atoms with van der Waals surface area (Å²) in [5.74, 6) is 0.543. The molecule has 2 aromatic rings. The molecule has 1 aromatic heterocycles. The third-order valence-electron chi connectivity index (χ3n) is 3.71. The average Bonchev–Trinajstić information content (AvgIpc) is 2.46. The number of para-hydroxylation sites is 1. The predicted molar refractivity (Wildman–Crippen MR) is 92.5 cm³/mol. The van der Waals surface area contributed by atoms with E-state index >= 15 is 0 Å². The maximum atomic E-state index is 4.62. The van der Waals surface area contributed by atoms with Crippen LogP contribution in [0.1, 0.15) is 38.4 Å². The summed E-state index contributed by atoms with van der Waals surface area (Å²) in [6.07, 6.45) is 3.51. The van der Waals surface area contributed by atoms with E-state index in [0.717, 1.165) is 24.3 Å². The highest BCUT2D eigenvalue weighted by molar-refractivity contribution is 5.88. The smallest absolute Gasteiger partial charge is 0.0711 e. The van der Waals surface area contributed by atoms with Crippen molar-refractivity contribution in [1.29, 1.82) is 0 Å². The lowest BCUT2D eigenvalue weighted by Crippen LogP contribution is -2.19. The molecule has 0 fully saturated rings. The lowest BCUT2D eigenvalue weighted by molar-refractivity contribution is 0.657. The van der Waals surface area contributed by atoms with E-state index in [4.69, 9.17) is 0 Å². The molecule has 1 aromatic carbocycles. The number of fused-ring (bicyclic) bond motifs is 1. The van der Waals surface area contributed by atoms with E-state index in [0.29, 0.717) is 5.92 Å². The molecule has 0 aliphatic rings. The summed E-state index contributed by atoms with van der Waals surface area (Å²) in [5, 5.41) is 4.75. The molecule has 2 heteroatoms. The Morgan fingerprint density at radius 2 is 2.05 bits per heavy atom. The van der Waals surface area contributed by atoms with Crippen molar-refractivity contribution in [2.45, 2.75) is 34.1 Å². The maximum Gasteiger partial charge on any atom is 0.0711 e. The second-order valence-electron chi connectivity index (χ2n) is 5.92. The first-order chi connectivity index (χ1) is 10.1. The lowest BCUT2D eigenvalue weighted by Gasteiger charge is -2.14. The van der Waals surface area contributed by atoms with Gasteiger partial charge in [-0.1, -0.05) is 50.6 Å². The normalized spacial score (nSPS) is 12.3. The number of hydrogen-bond acceptors (Lipinski definition) is 2. The lowest BCUT2D eigenvalue weighted by atomic mass is 9.98. The van der Waals surface area contributed by atoms with Gasteiger partial charge in [-0.2, -0.15) is 0 Å². The Balaban J connectivity index is 2.40. The van der Waals surface area contributed by atoms with Gasteiger partial charge < -0.3 is 5.32 Å². The number of nitrogens with one attached hydrogen (secondary N) is 1. The molecule has 0 amide bonds. The first-order valence-electron chi connectivity index (χ1n) is 7.89. The van der Waals surface area contributed by atoms with Crippen molar-refractivity contribution in [3.05, 3.63) is 47.2 Å². The van der Waals surface area contributed by atoms with E-state index in [2.05, 4.69) is 74.4 Å². The van der Waals surface area contributed by atoms with Crippen LogP contribution in [0.5, 0.6) is 0 Å². The van der Waals surface area contributed by atoms with Crippen LogP contribution in [0, 0.1) is 12.8 Å². The van der Waals surface area contributed by atoms with E-state index < -0.39 is 0 Å². The van der Waals surface area contributed by atoms with Crippen molar-refractivity contribution >= 4 is 17.0 Å². The zero-order chi connectivity index (χ0) is 15.2. The van der Waals surface area contributed by atoms with Crippen LogP contribution in [0.15, 0.2) is 35.9 Å². The summed E-state index contributed by atoms with van der Waals surface area (Å²) in [6.45, 7) is 10.8. The van der Waals surface area contributed by atoms with Gasteiger partial charge in [0.2, 0.25) is 0 Å². The monoisotopic (exact) mass is 282 g/mol. The number of pyridine rings is 1. The Morgan fingerprint density at radius 1 is 1.29 bits per heavy atom. The summed E-state index contributed by atoms with van der Waals surface area (Å²) < 4.78 is 0. The average molecular weight is 282 g/mol. The minimum absolute atomic E-state index is 0.543. The van der Waals surface area contributed by atoms with Crippen LogP contribution in [0.4, 0.5) is 0 Å². The number of aryl methyl sites for hydroxylation is 1. The fraction of sp³-hybridized carbons (Fsp3) is 0.421. The van der Waals surface area contributed by atoms with E-state index in [9.17, 15) is 0 Å². The van der Waals surface area contributed by atoms with Crippen LogP contribution in [0.25, 0.3) is 17.0 Å². The molecule has 0 bridgehead atoms. The van der Waals surface area contributed by atoms with Crippen molar-refractivity contribution in [1.82, 2.24) is 10.3 Å². The SMILES string of the molecule is CCCNCC(=Cc1cc(C)nc2ccccc12)C(C)C. The van der Waals surface area contributed by atoms with Crippen LogP contribution in [0.2, 0.25) is 0 Å². The molecule has 0 spiro atoms. The molecule has 2 rings (SSSR count). The standard InChI is InChI=1S/C19H26N2/c1-5-10-20-13-17(14(2)3)12-16-11-15(4)21-19-9-7-6-8-18(16)19/h6-9,11-12,14,20H,5,10,13H2,1-4H3. The van der Waals surface area contributed by atoms with Gasteiger partial charge in [0.05, 0.1) is 5.52 Å². The molecule has 0 atom stereocenters. The molecule has 0 aliphatic carbocycles. The molecule has 112 valence electrons. The molecule has 2 nitrogen and oxygen atoms in total. The van der Waals surface area contributed by atoms with Crippen molar-refractivity contribution < 1.29 is 0 Å². The molecule has 0 saturated heterocycles. The number of nitrogens with zero attached hydrogens (tertiary/aromatic N) is 1. The minimum Gasteiger partial charge on any atom is -0.313 e. The Labute approximate surface area is 128 Å². The van der Waals surface area contributed by atoms with Gasteiger partial charge in [-0.25, -0.2) is 0 Å². The van der Waals surface area contributed by atoms with Gasteiger partial charge in [-0.05, 0) is 43.5 Å². The summed E-state index contributed by atoms with van der Waals surface area (Å²) in [7, 11) is 0. The molecule has 0 radical (unpaired) electrons. The maximum absolute atomic E-state index is 4.62. The zero-order valence-electron chi connectivity index (χ0n) is 13.6. The van der Waals surface area contributed by atoms with Crippen LogP contribution >= 0.6 is 0 Å². The number of benzene rings is 1. The second kappa shape index (κ2) is 7.37. The molecule has 21 heavy (non-hydrogen) atoms. The van der Waals surface area contributed by atoms with Gasteiger partial charge in [0, 0.05) is 17.6 Å². The van der Waals surface area contributed by atoms with E-state index in [1.165, 1.54) is 22.9 Å². The first kappa shape index (κ1) is 15.7. The molecule has 0 saturated carbocycles. The van der Waals surface area contributed by atoms with Gasteiger partial charge in [0.15, 0.2) is 0 Å². The Morgan fingerprint density at radius 3 is 2.76 bits per heavy atom. The van der Waals surface area contributed by atoms with Gasteiger partial charge in [0.1, 0.15) is 0 Å². The first-order valence-corrected chi connectivity index (χ1v) is 7.89. The molecule has 1 heterocycles. The van der Waals surface area contributed by atoms with E-state index in [1.807, 2.05) is 0 Å². The van der Waals surface area contributed by atoms with Crippen molar-refractivity contribution in [2.75, 3.05) is 13.1 Å². The Bertz CT molecular complexity index is 626. The third kappa shape index (κ3) is 4.15. The third-order valence-corrected chi connectivity index (χ3v) is 3.71. The minimum atomic E-state index is 0.543.